The van der Waals surface area contributed by atoms with E-state index in [0.717, 1.165) is 37.1 Å². The highest BCUT2D eigenvalue weighted by atomic mass is 32.2. The molecule has 2 heterocycles. The summed E-state index contributed by atoms with van der Waals surface area (Å²) >= 11 is 1.54. The molecule has 1 aliphatic carbocycles. The first-order valence-electron chi connectivity index (χ1n) is 9.96. The number of rotatable bonds is 6. The zero-order chi connectivity index (χ0) is 21.1. The van der Waals surface area contributed by atoms with Crippen molar-refractivity contribution < 1.29 is 13.2 Å². The number of benzene rings is 1. The maximum atomic E-state index is 12.9. The fourth-order valence-electron chi connectivity index (χ4n) is 3.37. The number of hydrogen-bond donors (Lipinski definition) is 1. The number of amides is 1. The molecule has 1 N–H and O–H groups in total. The fraction of sp³-hybridized carbons (Fsp3) is 0.381. The molecule has 0 atom stereocenters. The normalized spacial score (nSPS) is 18.0. The lowest BCUT2D eigenvalue weighted by molar-refractivity contribution is -0.112. The summed E-state index contributed by atoms with van der Waals surface area (Å²) in [4.78, 5) is 17.2. The summed E-state index contributed by atoms with van der Waals surface area (Å²) in [5.74, 6) is -0.0768. The van der Waals surface area contributed by atoms with Gasteiger partial charge < -0.3 is 5.32 Å². The van der Waals surface area contributed by atoms with Gasteiger partial charge in [0.05, 0.1) is 15.6 Å². The minimum atomic E-state index is -3.60. The Bertz CT molecular complexity index is 1120. The highest BCUT2D eigenvalue weighted by Crippen LogP contribution is 2.41. The van der Waals surface area contributed by atoms with Crippen LogP contribution in [0.25, 0.3) is 6.08 Å². The first-order valence-corrected chi connectivity index (χ1v) is 12.3. The zero-order valence-electron chi connectivity index (χ0n) is 16.4. The van der Waals surface area contributed by atoms with Crippen LogP contribution in [0.3, 0.4) is 0 Å². The molecule has 1 aromatic carbocycles. The number of thiazole rings is 1. The molecular weight excluding hydrogens is 420 g/mol. The number of nitriles is 1. The zero-order valence-corrected chi connectivity index (χ0v) is 18.0. The summed E-state index contributed by atoms with van der Waals surface area (Å²) in [6.45, 7) is 1.02. The number of sulfonamides is 1. The van der Waals surface area contributed by atoms with Gasteiger partial charge in [-0.3, -0.25) is 4.79 Å². The molecule has 1 saturated carbocycles. The molecule has 0 radical (unpaired) electrons. The van der Waals surface area contributed by atoms with Crippen LogP contribution in [0, 0.1) is 11.3 Å². The highest BCUT2D eigenvalue weighted by molar-refractivity contribution is 7.89. The van der Waals surface area contributed by atoms with Crippen molar-refractivity contribution >= 4 is 39.0 Å². The van der Waals surface area contributed by atoms with Crippen LogP contribution in [0.1, 0.15) is 48.7 Å². The molecule has 4 rings (SSSR count). The van der Waals surface area contributed by atoms with E-state index in [9.17, 15) is 18.5 Å². The van der Waals surface area contributed by atoms with Gasteiger partial charge in [-0.25, -0.2) is 13.4 Å². The molecule has 9 heteroatoms. The lowest BCUT2D eigenvalue weighted by Gasteiger charge is -2.26. The van der Waals surface area contributed by atoms with E-state index in [2.05, 4.69) is 10.3 Å². The first kappa shape index (κ1) is 20.7. The smallest absolute Gasteiger partial charge is 0.266 e. The number of carbonyl (C=O) groups excluding carboxylic acids is 1. The third-order valence-corrected chi connectivity index (χ3v) is 8.09. The maximum absolute atomic E-state index is 12.9. The summed E-state index contributed by atoms with van der Waals surface area (Å²) in [7, 11) is -3.60. The van der Waals surface area contributed by atoms with E-state index in [1.807, 2.05) is 11.4 Å². The predicted octanol–water partition coefficient (Wildman–Crippen LogP) is 3.74. The van der Waals surface area contributed by atoms with Gasteiger partial charge in [0.1, 0.15) is 11.6 Å². The Kier molecular flexibility index (Phi) is 5.99. The van der Waals surface area contributed by atoms with Gasteiger partial charge in [-0.15, -0.1) is 11.3 Å². The van der Waals surface area contributed by atoms with Gasteiger partial charge in [-0.1, -0.05) is 12.5 Å². The Balaban J connectivity index is 1.50. The van der Waals surface area contributed by atoms with Crippen LogP contribution < -0.4 is 5.32 Å². The van der Waals surface area contributed by atoms with Gasteiger partial charge >= 0.3 is 0 Å². The number of carbonyl (C=O) groups is 1. The SMILES string of the molecule is N#C/C(=C/c1csc(C2CC2)n1)C(=O)Nc1cccc(S(=O)(=O)N2CCCCC2)c1. The Morgan fingerprint density at radius 1 is 1.27 bits per heavy atom. The number of aromatic nitrogens is 1. The number of anilines is 1. The molecule has 1 aromatic heterocycles. The molecule has 2 fully saturated rings. The van der Waals surface area contributed by atoms with Crippen LogP contribution in [0.5, 0.6) is 0 Å². The lowest BCUT2D eigenvalue weighted by Crippen LogP contribution is -2.35. The van der Waals surface area contributed by atoms with E-state index >= 15 is 0 Å². The number of piperidine rings is 1. The third-order valence-electron chi connectivity index (χ3n) is 5.17. The summed E-state index contributed by atoms with van der Waals surface area (Å²) in [5, 5.41) is 14.9. The van der Waals surface area contributed by atoms with Gasteiger partial charge in [0.25, 0.3) is 5.91 Å². The van der Waals surface area contributed by atoms with Crippen molar-refractivity contribution in [2.75, 3.05) is 18.4 Å². The number of hydrogen-bond acceptors (Lipinski definition) is 6. The Hall–Kier alpha value is -2.54. The van der Waals surface area contributed by atoms with E-state index in [1.165, 1.54) is 33.9 Å². The molecule has 0 unspecified atom stereocenters. The minimum absolute atomic E-state index is 0.0769. The molecular formula is C21H22N4O3S2. The van der Waals surface area contributed by atoms with E-state index in [-0.39, 0.29) is 10.5 Å². The molecule has 1 saturated heterocycles. The second-order valence-corrected chi connectivity index (χ2v) is 10.3. The largest absolute Gasteiger partial charge is 0.321 e. The molecule has 1 amide bonds. The Morgan fingerprint density at radius 2 is 2.03 bits per heavy atom. The van der Waals surface area contributed by atoms with Crippen LogP contribution in [-0.2, 0) is 14.8 Å². The Labute approximate surface area is 180 Å². The second kappa shape index (κ2) is 8.68. The highest BCUT2D eigenvalue weighted by Gasteiger charge is 2.27. The topological polar surface area (TPSA) is 103 Å². The van der Waals surface area contributed by atoms with Gasteiger partial charge in [-0.2, -0.15) is 9.57 Å². The van der Waals surface area contributed by atoms with E-state index in [4.69, 9.17) is 0 Å². The van der Waals surface area contributed by atoms with Crippen molar-refractivity contribution in [3.63, 3.8) is 0 Å². The van der Waals surface area contributed by atoms with Crippen molar-refractivity contribution in [3.8, 4) is 6.07 Å². The average Bonchev–Trinajstić information content (AvgIpc) is 3.51. The Morgan fingerprint density at radius 3 is 2.73 bits per heavy atom. The second-order valence-electron chi connectivity index (χ2n) is 7.50. The van der Waals surface area contributed by atoms with Crippen LogP contribution in [0.15, 0.2) is 40.1 Å². The summed E-state index contributed by atoms with van der Waals surface area (Å²) in [6.07, 6.45) is 6.48. The van der Waals surface area contributed by atoms with Gasteiger partial charge in [0, 0.05) is 30.1 Å². The molecule has 30 heavy (non-hydrogen) atoms. The summed E-state index contributed by atoms with van der Waals surface area (Å²) < 4.78 is 27.2. The van der Waals surface area contributed by atoms with Crippen LogP contribution >= 0.6 is 11.3 Å². The van der Waals surface area contributed by atoms with Gasteiger partial charge in [0.15, 0.2) is 0 Å². The number of nitrogens with one attached hydrogen (secondary N) is 1. The van der Waals surface area contributed by atoms with Crippen LogP contribution in [-0.4, -0.2) is 36.7 Å². The molecule has 7 nitrogen and oxygen atoms in total. The molecule has 0 bridgehead atoms. The lowest BCUT2D eigenvalue weighted by atomic mass is 10.2. The maximum Gasteiger partial charge on any atom is 0.266 e. The van der Waals surface area contributed by atoms with Crippen molar-refractivity contribution in [1.29, 1.82) is 5.26 Å². The quantitative estimate of drug-likeness (QED) is 0.542. The van der Waals surface area contributed by atoms with Gasteiger partial charge in [-0.05, 0) is 50.0 Å². The van der Waals surface area contributed by atoms with E-state index < -0.39 is 15.9 Å². The standard InChI is InChI=1S/C21H22N4O3S2/c22-13-16(11-18-14-29-21(24-18)15-7-8-15)20(26)23-17-5-4-6-19(12-17)30(27,28)25-9-2-1-3-10-25/h4-6,11-12,14-15H,1-3,7-10H2,(H,23,26)/b16-11-. The van der Waals surface area contributed by atoms with E-state index in [0.29, 0.717) is 30.4 Å². The number of nitrogens with zero attached hydrogens (tertiary/aromatic N) is 3. The summed E-state index contributed by atoms with van der Waals surface area (Å²) in [5.41, 5.74) is 0.846. The third kappa shape index (κ3) is 4.61. The monoisotopic (exact) mass is 442 g/mol. The molecule has 156 valence electrons. The fourth-order valence-corrected chi connectivity index (χ4v) is 5.88. The predicted molar refractivity (Wildman–Crippen MR) is 115 cm³/mol. The molecule has 0 spiro atoms. The van der Waals surface area contributed by atoms with Crippen molar-refractivity contribution in [2.45, 2.75) is 42.9 Å². The van der Waals surface area contributed by atoms with E-state index in [1.54, 1.807) is 12.1 Å². The molecule has 1 aliphatic heterocycles. The van der Waals surface area contributed by atoms with Crippen LogP contribution in [0.4, 0.5) is 5.69 Å². The van der Waals surface area contributed by atoms with Crippen LogP contribution in [0.2, 0.25) is 0 Å². The summed E-state index contributed by atoms with van der Waals surface area (Å²) in [6, 6.07) is 8.06. The van der Waals surface area contributed by atoms with Crippen molar-refractivity contribution in [2.24, 2.45) is 0 Å². The first-order chi connectivity index (χ1) is 14.5. The molecule has 2 aliphatic rings. The van der Waals surface area contributed by atoms with Gasteiger partial charge in [0.2, 0.25) is 10.0 Å². The molecule has 2 aromatic rings. The van der Waals surface area contributed by atoms with Crippen molar-refractivity contribution in [3.05, 3.63) is 45.9 Å². The average molecular weight is 443 g/mol. The minimum Gasteiger partial charge on any atom is -0.321 e. The van der Waals surface area contributed by atoms with Crippen molar-refractivity contribution in [1.82, 2.24) is 9.29 Å².